The first kappa shape index (κ1) is 47.9. The summed E-state index contributed by atoms with van der Waals surface area (Å²) in [6.45, 7) is 13.8. The maximum absolute atomic E-state index is 13.0. The third-order valence-corrected chi connectivity index (χ3v) is 14.8. The molecule has 0 bridgehead atoms. The molecule has 360 valence electrons. The van der Waals surface area contributed by atoms with Crippen molar-refractivity contribution in [2.24, 2.45) is 14.1 Å². The highest BCUT2D eigenvalue weighted by Gasteiger charge is 2.29. The molecule has 2 aromatic carbocycles. The Hall–Kier alpha value is -7.18. The highest BCUT2D eigenvalue weighted by molar-refractivity contribution is 7.14. The van der Waals surface area contributed by atoms with Crippen molar-refractivity contribution in [3.8, 4) is 34.0 Å². The number of ketones is 2. The second kappa shape index (κ2) is 20.0. The maximum atomic E-state index is 13.0. The number of Topliss-reactive ketones (excluding diaryl/α,β-unsaturated/α-hetero) is 2. The molecule has 0 amide bonds. The molecule has 0 fully saturated rings. The van der Waals surface area contributed by atoms with Gasteiger partial charge < -0.3 is 20.1 Å². The van der Waals surface area contributed by atoms with Gasteiger partial charge in [0, 0.05) is 86.1 Å². The summed E-state index contributed by atoms with van der Waals surface area (Å²) in [6.07, 6.45) is 16.6. The van der Waals surface area contributed by atoms with Crippen LogP contribution in [-0.2, 0) is 24.9 Å². The van der Waals surface area contributed by atoms with Gasteiger partial charge in [0.1, 0.15) is 11.5 Å². The van der Waals surface area contributed by atoms with Gasteiger partial charge in [0.05, 0.1) is 68.1 Å². The molecule has 10 rings (SSSR count). The van der Waals surface area contributed by atoms with Crippen LogP contribution < -0.4 is 20.1 Å². The number of nitrogens with one attached hydrogen (secondary N) is 2. The SMILES string of the molecule is Cn1cc(Nc2nccc(-c3ccc4c(c3)OCCC4CC(=O)c3cnc(C(C)(C)C)s3)n2)cn1.Cn1cc(Nc2nccc(-c3ccc4c(c3)OCCC4CC(=O)c3cnc(C(C)(C)C)s3)n2)cn1. The van der Waals surface area contributed by atoms with E-state index < -0.39 is 0 Å². The van der Waals surface area contributed by atoms with Gasteiger partial charge in [0.25, 0.3) is 0 Å². The molecule has 6 aromatic heterocycles. The van der Waals surface area contributed by atoms with Crippen LogP contribution in [0, 0.1) is 0 Å². The summed E-state index contributed by atoms with van der Waals surface area (Å²) in [5.74, 6) is 3.14. The zero-order valence-electron chi connectivity index (χ0n) is 40.6. The number of aryl methyl sites for hydroxylation is 2. The van der Waals surface area contributed by atoms with Gasteiger partial charge in [-0.05, 0) is 60.1 Å². The minimum absolute atomic E-state index is 0.0563. The number of hydrogen-bond acceptors (Lipinski definition) is 16. The number of carbonyl (C=O) groups excluding carboxylic acids is 2. The summed E-state index contributed by atoms with van der Waals surface area (Å²) < 4.78 is 15.4. The lowest BCUT2D eigenvalue weighted by Gasteiger charge is -2.26. The molecular weight excluding hydrogens is 921 g/mol. The Bertz CT molecular complexity index is 2950. The average Bonchev–Trinajstić information content (AvgIpc) is 4.18. The number of ether oxygens (including phenoxy) is 2. The summed E-state index contributed by atoms with van der Waals surface area (Å²) >= 11 is 3.01. The molecule has 0 saturated heterocycles. The van der Waals surface area contributed by atoms with Crippen molar-refractivity contribution in [3.63, 3.8) is 0 Å². The van der Waals surface area contributed by atoms with Crippen molar-refractivity contribution in [3.05, 3.63) is 129 Å². The standard InChI is InChI=1S/2C26H28N6O2S/c2*1-26(2,3)24-28-14-23(35-24)21(33)11-16-8-10-34-22-12-17(5-6-19(16)22)20-7-9-27-25(31-20)30-18-13-29-32(4)15-18/h2*5-7,9,12-16H,8,10-11H2,1-4H3,(H,27,30,31). The van der Waals surface area contributed by atoms with Crippen LogP contribution in [0.25, 0.3) is 22.5 Å². The van der Waals surface area contributed by atoms with Crippen LogP contribution in [0.2, 0.25) is 0 Å². The van der Waals surface area contributed by atoms with E-state index in [-0.39, 0.29) is 34.2 Å². The smallest absolute Gasteiger partial charge is 0.227 e. The topological polar surface area (TPSA) is 190 Å². The Kier molecular flexibility index (Phi) is 13.7. The predicted molar refractivity (Wildman–Crippen MR) is 273 cm³/mol. The molecule has 8 aromatic rings. The molecule has 8 heterocycles. The summed E-state index contributed by atoms with van der Waals surface area (Å²) in [7, 11) is 3.72. The fourth-order valence-corrected chi connectivity index (χ4v) is 10.1. The Morgan fingerprint density at radius 1 is 0.614 bits per heavy atom. The zero-order valence-corrected chi connectivity index (χ0v) is 42.2. The van der Waals surface area contributed by atoms with E-state index in [0.29, 0.717) is 38.0 Å². The lowest BCUT2D eigenvalue weighted by molar-refractivity contribution is 0.0961. The Balaban J connectivity index is 0.000000174. The van der Waals surface area contributed by atoms with Gasteiger partial charge in [-0.2, -0.15) is 10.2 Å². The van der Waals surface area contributed by atoms with Gasteiger partial charge in [-0.15, -0.1) is 22.7 Å². The van der Waals surface area contributed by atoms with E-state index in [1.165, 1.54) is 22.7 Å². The second-order valence-electron chi connectivity index (χ2n) is 19.6. The Morgan fingerprint density at radius 3 is 1.41 bits per heavy atom. The molecule has 0 radical (unpaired) electrons. The molecule has 0 aliphatic carbocycles. The number of carbonyl (C=O) groups is 2. The molecule has 0 saturated carbocycles. The molecule has 2 atom stereocenters. The van der Waals surface area contributed by atoms with E-state index >= 15 is 0 Å². The third-order valence-electron chi connectivity index (χ3n) is 11.9. The second-order valence-corrected chi connectivity index (χ2v) is 21.6. The lowest BCUT2D eigenvalue weighted by atomic mass is 9.87. The number of rotatable bonds is 12. The Labute approximate surface area is 415 Å². The van der Waals surface area contributed by atoms with Gasteiger partial charge in [-0.3, -0.25) is 19.0 Å². The normalized spacial score (nSPS) is 15.4. The van der Waals surface area contributed by atoms with Crippen LogP contribution in [0.15, 0.2) is 98.1 Å². The molecule has 2 aliphatic rings. The summed E-state index contributed by atoms with van der Waals surface area (Å²) in [6, 6.07) is 15.9. The third kappa shape index (κ3) is 11.3. The highest BCUT2D eigenvalue weighted by atomic mass is 32.1. The van der Waals surface area contributed by atoms with Gasteiger partial charge >= 0.3 is 0 Å². The van der Waals surface area contributed by atoms with Crippen LogP contribution >= 0.6 is 22.7 Å². The molecular formula is C52H56N12O4S2. The first-order valence-electron chi connectivity index (χ1n) is 23.2. The van der Waals surface area contributed by atoms with E-state index in [1.807, 2.05) is 62.9 Å². The molecule has 2 N–H and O–H groups in total. The minimum atomic E-state index is -0.0563. The maximum Gasteiger partial charge on any atom is 0.227 e. The molecule has 16 nitrogen and oxygen atoms in total. The number of anilines is 4. The van der Waals surface area contributed by atoms with Crippen molar-refractivity contribution in [1.29, 1.82) is 0 Å². The number of fused-ring (bicyclic) bond motifs is 2. The summed E-state index contributed by atoms with van der Waals surface area (Å²) in [5, 5.41) is 16.6. The Morgan fingerprint density at radius 2 is 1.04 bits per heavy atom. The number of aromatic nitrogens is 10. The van der Waals surface area contributed by atoms with Crippen molar-refractivity contribution in [1.82, 2.24) is 49.5 Å². The number of hydrogen-bond donors (Lipinski definition) is 2. The van der Waals surface area contributed by atoms with Gasteiger partial charge in [0.15, 0.2) is 11.6 Å². The first-order valence-corrected chi connectivity index (χ1v) is 24.9. The van der Waals surface area contributed by atoms with Crippen molar-refractivity contribution < 1.29 is 19.1 Å². The molecule has 0 spiro atoms. The van der Waals surface area contributed by atoms with Crippen LogP contribution in [0.1, 0.15) is 120 Å². The zero-order chi connectivity index (χ0) is 49.2. The fraction of sp³-hybridized carbons (Fsp3) is 0.346. The van der Waals surface area contributed by atoms with Crippen molar-refractivity contribution in [2.45, 2.75) is 89.9 Å². The molecule has 18 heteroatoms. The van der Waals surface area contributed by atoms with E-state index in [4.69, 9.17) is 9.47 Å². The molecule has 2 unspecified atom stereocenters. The van der Waals surface area contributed by atoms with Gasteiger partial charge in [-0.1, -0.05) is 65.8 Å². The van der Waals surface area contributed by atoms with Crippen molar-refractivity contribution >= 4 is 57.5 Å². The van der Waals surface area contributed by atoms with Crippen molar-refractivity contribution in [2.75, 3.05) is 23.8 Å². The summed E-state index contributed by atoms with van der Waals surface area (Å²) in [4.78, 5) is 54.4. The van der Waals surface area contributed by atoms with E-state index in [9.17, 15) is 9.59 Å². The van der Waals surface area contributed by atoms with Crippen LogP contribution in [0.4, 0.5) is 23.3 Å². The van der Waals surface area contributed by atoms with Crippen LogP contribution in [-0.4, -0.2) is 74.2 Å². The number of thiazole rings is 2. The monoisotopic (exact) mass is 976 g/mol. The minimum Gasteiger partial charge on any atom is -0.493 e. The van der Waals surface area contributed by atoms with Crippen LogP contribution in [0.3, 0.4) is 0 Å². The highest BCUT2D eigenvalue weighted by Crippen LogP contribution is 2.41. The molecule has 70 heavy (non-hydrogen) atoms. The van der Waals surface area contributed by atoms with E-state index in [2.05, 4.69) is 104 Å². The van der Waals surface area contributed by atoms with E-state index in [0.717, 1.165) is 89.1 Å². The van der Waals surface area contributed by atoms with Crippen LogP contribution in [0.5, 0.6) is 11.5 Å². The lowest BCUT2D eigenvalue weighted by Crippen LogP contribution is -2.17. The average molecular weight is 977 g/mol. The fourth-order valence-electron chi connectivity index (χ4n) is 8.21. The quantitative estimate of drug-likeness (QED) is 0.110. The summed E-state index contributed by atoms with van der Waals surface area (Å²) in [5.41, 5.74) is 7.11. The van der Waals surface area contributed by atoms with Gasteiger partial charge in [0.2, 0.25) is 11.9 Å². The molecule has 2 aliphatic heterocycles. The number of nitrogens with zero attached hydrogens (tertiary/aromatic N) is 10. The largest absolute Gasteiger partial charge is 0.493 e. The number of benzene rings is 2. The first-order chi connectivity index (χ1) is 33.5. The van der Waals surface area contributed by atoms with E-state index in [1.54, 1.807) is 46.5 Å². The predicted octanol–water partition coefficient (Wildman–Crippen LogP) is 11.0. The van der Waals surface area contributed by atoms with Gasteiger partial charge in [-0.25, -0.2) is 29.9 Å².